The molecule has 6 rings (SSSR count). The lowest BCUT2D eigenvalue weighted by atomic mass is 9.62. The molecular formula is C41H52N4O11. The highest BCUT2D eigenvalue weighted by Crippen LogP contribution is 2.56. The molecule has 3 aliphatic heterocycles. The van der Waals surface area contributed by atoms with Crippen LogP contribution in [0.2, 0.25) is 0 Å². The van der Waals surface area contributed by atoms with Gasteiger partial charge in [-0.2, -0.15) is 5.06 Å². The fourth-order valence-corrected chi connectivity index (χ4v) is 7.95. The molecule has 1 saturated carbocycles. The SMILES string of the molecule is CN(C)C(=O)C=Cc1ccc(CN2O[C@@H]3[C@H]4OCO[C@H]4[C@@H]4C[C@]3(C(=O)N(C)[C@H](Cc3ccccc3)C(=O)N[C@H](CO)CCC(=O)OC(C)(C)C)[C@@H]2C(=O)O4)cc1. The van der Waals surface area contributed by atoms with Crippen LogP contribution in [0.3, 0.4) is 0 Å². The number of carbonyl (C=O) groups excluding carboxylic acids is 5. The number of hydrogen-bond donors (Lipinski definition) is 2. The molecule has 15 nitrogen and oxygen atoms in total. The van der Waals surface area contributed by atoms with E-state index in [1.54, 1.807) is 40.9 Å². The lowest BCUT2D eigenvalue weighted by Gasteiger charge is -2.50. The molecule has 4 aliphatic rings. The second kappa shape index (κ2) is 16.8. The van der Waals surface area contributed by atoms with Gasteiger partial charge in [0.15, 0.2) is 6.04 Å². The summed E-state index contributed by atoms with van der Waals surface area (Å²) < 4.78 is 23.2. The first-order chi connectivity index (χ1) is 26.6. The predicted octanol–water partition coefficient (Wildman–Crippen LogP) is 2.00. The van der Waals surface area contributed by atoms with Crippen LogP contribution in [-0.4, -0.2) is 132 Å². The first-order valence-corrected chi connectivity index (χ1v) is 18.9. The van der Waals surface area contributed by atoms with E-state index in [2.05, 4.69) is 5.32 Å². The third-order valence-corrected chi connectivity index (χ3v) is 10.7. The van der Waals surface area contributed by atoms with E-state index in [1.807, 2.05) is 54.6 Å². The molecular weight excluding hydrogens is 724 g/mol. The van der Waals surface area contributed by atoms with E-state index >= 15 is 4.79 Å². The zero-order chi connectivity index (χ0) is 40.4. The van der Waals surface area contributed by atoms with Crippen LogP contribution in [-0.2, 0) is 60.7 Å². The molecule has 0 spiro atoms. The van der Waals surface area contributed by atoms with Gasteiger partial charge in [0.05, 0.1) is 19.2 Å². The lowest BCUT2D eigenvalue weighted by Crippen LogP contribution is -2.70. The Bertz CT molecular complexity index is 1800. The highest BCUT2D eigenvalue weighted by Gasteiger charge is 2.75. The number of fused-ring (bicyclic) bond motifs is 4. The summed E-state index contributed by atoms with van der Waals surface area (Å²) in [5, 5.41) is 14.6. The van der Waals surface area contributed by atoms with Crippen molar-refractivity contribution in [3.63, 3.8) is 0 Å². The number of likely N-dealkylation sites (N-methyl/N-ethyl adjacent to an activating group) is 2. The van der Waals surface area contributed by atoms with Crippen LogP contribution in [0.25, 0.3) is 6.08 Å². The van der Waals surface area contributed by atoms with Crippen LogP contribution in [0.4, 0.5) is 0 Å². The monoisotopic (exact) mass is 776 g/mol. The van der Waals surface area contributed by atoms with Gasteiger partial charge in [-0.15, -0.1) is 0 Å². The largest absolute Gasteiger partial charge is 0.460 e. The molecule has 0 radical (unpaired) electrons. The fourth-order valence-electron chi connectivity index (χ4n) is 7.95. The van der Waals surface area contributed by atoms with Gasteiger partial charge in [-0.3, -0.25) is 28.8 Å². The Balaban J connectivity index is 1.28. The van der Waals surface area contributed by atoms with Crippen LogP contribution >= 0.6 is 0 Å². The number of ether oxygens (including phenoxy) is 4. The molecule has 2 aromatic carbocycles. The van der Waals surface area contributed by atoms with E-state index in [-0.39, 0.29) is 44.9 Å². The van der Waals surface area contributed by atoms with Crippen LogP contribution in [0.15, 0.2) is 60.7 Å². The molecule has 15 heteroatoms. The number of nitrogens with one attached hydrogen (secondary N) is 1. The molecule has 3 heterocycles. The summed E-state index contributed by atoms with van der Waals surface area (Å²) in [6.45, 7) is 4.88. The average molecular weight is 777 g/mol. The third kappa shape index (κ3) is 8.66. The molecule has 4 fully saturated rings. The van der Waals surface area contributed by atoms with Gasteiger partial charge in [0.1, 0.15) is 48.3 Å². The smallest absolute Gasteiger partial charge is 0.327 e. The van der Waals surface area contributed by atoms with Crippen LogP contribution in [0.5, 0.6) is 0 Å². The van der Waals surface area contributed by atoms with Gasteiger partial charge in [-0.05, 0) is 50.0 Å². The summed E-state index contributed by atoms with van der Waals surface area (Å²) in [4.78, 5) is 77.4. The summed E-state index contributed by atoms with van der Waals surface area (Å²) in [5.41, 5.74) is 0.146. The van der Waals surface area contributed by atoms with Gasteiger partial charge in [-0.25, -0.2) is 0 Å². The van der Waals surface area contributed by atoms with Crippen molar-refractivity contribution < 1.29 is 52.9 Å². The van der Waals surface area contributed by atoms with Crippen molar-refractivity contribution in [2.45, 2.75) is 101 Å². The van der Waals surface area contributed by atoms with Gasteiger partial charge in [0, 0.05) is 46.5 Å². The standard InChI is InChI=1S/C41H52N4O11/c1-40(2,3)55-32(48)19-17-28(23-46)42-37(49)29(20-26-10-8-7-9-11-26)44(6)39(51)41-21-30-33-34(53-24-52-33)36(41)56-45(35(41)38(50)54-30)22-27-14-12-25(13-15-27)16-18-31(47)43(4)5/h7-16,18,28-30,33-36,46H,17,19-24H2,1-6H3,(H,42,49)/t28-,29+,30-,33-,34-,35-,36+,41-/m0/s1. The van der Waals surface area contributed by atoms with Gasteiger partial charge < -0.3 is 39.2 Å². The Kier molecular flexibility index (Phi) is 12.3. The Hall–Kier alpha value is -4.67. The molecule has 3 saturated heterocycles. The molecule has 2 aromatic rings. The topological polar surface area (TPSA) is 173 Å². The maximum atomic E-state index is 15.3. The number of carbonyl (C=O) groups is 5. The van der Waals surface area contributed by atoms with Gasteiger partial charge in [0.2, 0.25) is 17.7 Å². The van der Waals surface area contributed by atoms with Crippen molar-refractivity contribution in [3.05, 3.63) is 77.4 Å². The molecule has 2 N–H and O–H groups in total. The molecule has 8 atom stereocenters. The molecule has 2 bridgehead atoms. The second-order valence-electron chi connectivity index (χ2n) is 16.0. The number of benzene rings is 2. The molecule has 0 aromatic heterocycles. The lowest BCUT2D eigenvalue weighted by molar-refractivity contribution is -0.204. The Morgan fingerprint density at radius 3 is 2.38 bits per heavy atom. The van der Waals surface area contributed by atoms with Gasteiger partial charge >= 0.3 is 11.9 Å². The summed E-state index contributed by atoms with van der Waals surface area (Å²) in [7, 11) is 4.87. The Morgan fingerprint density at radius 2 is 1.71 bits per heavy atom. The van der Waals surface area contributed by atoms with Crippen LogP contribution in [0.1, 0.15) is 56.7 Å². The molecule has 302 valence electrons. The van der Waals surface area contributed by atoms with Crippen molar-refractivity contribution in [3.8, 4) is 0 Å². The average Bonchev–Trinajstić information content (AvgIpc) is 3.79. The number of aliphatic hydroxyl groups is 1. The maximum absolute atomic E-state index is 15.3. The minimum atomic E-state index is -1.51. The number of nitrogens with zero attached hydrogens (tertiary/aromatic N) is 3. The predicted molar refractivity (Wildman–Crippen MR) is 201 cm³/mol. The zero-order valence-electron chi connectivity index (χ0n) is 32.7. The highest BCUT2D eigenvalue weighted by atomic mass is 16.8. The van der Waals surface area contributed by atoms with E-state index in [9.17, 15) is 24.3 Å². The van der Waals surface area contributed by atoms with Crippen molar-refractivity contribution in [1.82, 2.24) is 20.2 Å². The fraction of sp³-hybridized carbons (Fsp3) is 0.537. The number of aliphatic hydroxyl groups excluding tert-OH is 1. The third-order valence-electron chi connectivity index (χ3n) is 10.7. The van der Waals surface area contributed by atoms with Crippen molar-refractivity contribution in [1.29, 1.82) is 0 Å². The van der Waals surface area contributed by atoms with Crippen molar-refractivity contribution >= 4 is 35.7 Å². The summed E-state index contributed by atoms with van der Waals surface area (Å²) in [6, 6.07) is 13.5. The number of hydrogen-bond acceptors (Lipinski definition) is 12. The van der Waals surface area contributed by atoms with Crippen molar-refractivity contribution in [2.24, 2.45) is 5.41 Å². The molecule has 1 aliphatic carbocycles. The maximum Gasteiger partial charge on any atom is 0.327 e. The van der Waals surface area contributed by atoms with E-state index in [4.69, 9.17) is 23.8 Å². The van der Waals surface area contributed by atoms with E-state index in [0.29, 0.717) is 0 Å². The molecule has 3 amide bonds. The molecule has 56 heavy (non-hydrogen) atoms. The first-order valence-electron chi connectivity index (χ1n) is 18.9. The summed E-state index contributed by atoms with van der Waals surface area (Å²) in [6.07, 6.45) is 0.346. The number of hydroxylamine groups is 2. The van der Waals surface area contributed by atoms with Gasteiger partial charge in [0.25, 0.3) is 0 Å². The number of esters is 2. The van der Waals surface area contributed by atoms with Crippen LogP contribution in [0, 0.1) is 5.41 Å². The van der Waals surface area contributed by atoms with E-state index in [1.165, 1.54) is 28.0 Å². The number of amides is 3. The normalized spacial score (nSPS) is 26.6. The first kappa shape index (κ1) is 41.0. The Labute approximate surface area is 326 Å². The zero-order valence-corrected chi connectivity index (χ0v) is 32.7. The highest BCUT2D eigenvalue weighted by molar-refractivity contribution is 5.96. The van der Waals surface area contributed by atoms with E-state index in [0.717, 1.165) is 16.7 Å². The molecule has 0 unspecified atom stereocenters. The Morgan fingerprint density at radius 1 is 1.02 bits per heavy atom. The van der Waals surface area contributed by atoms with Gasteiger partial charge in [-0.1, -0.05) is 54.6 Å². The second-order valence-corrected chi connectivity index (χ2v) is 16.0. The minimum absolute atomic E-state index is 0.0375. The number of rotatable bonds is 14. The van der Waals surface area contributed by atoms with Crippen LogP contribution < -0.4 is 5.32 Å². The van der Waals surface area contributed by atoms with E-state index < -0.39 is 83.9 Å². The quantitative estimate of drug-likeness (QED) is 0.212. The minimum Gasteiger partial charge on any atom is -0.460 e. The summed E-state index contributed by atoms with van der Waals surface area (Å²) >= 11 is 0. The summed E-state index contributed by atoms with van der Waals surface area (Å²) in [5.74, 6) is -2.30. The van der Waals surface area contributed by atoms with Crippen molar-refractivity contribution in [2.75, 3.05) is 34.5 Å².